The minimum Gasteiger partial charge on any atom is -0.504 e. The Morgan fingerprint density at radius 3 is 2.57 bits per heavy atom. The van der Waals surface area contributed by atoms with Gasteiger partial charge in [0.25, 0.3) is 0 Å². The summed E-state index contributed by atoms with van der Waals surface area (Å²) in [5.41, 5.74) is 6.02. The number of aromatic hydroxyl groups is 2. The van der Waals surface area contributed by atoms with Gasteiger partial charge in [0.15, 0.2) is 11.5 Å². The molecule has 1 aromatic carbocycles. The summed E-state index contributed by atoms with van der Waals surface area (Å²) in [6, 6.07) is 2.43. The Balaban J connectivity index is 2.28. The molecule has 2 unspecified atom stereocenters. The molecular weight excluding hydrogens is 302 g/mol. The number of phenolic OH excluding ortho intramolecular Hbond substituents is 2. The minimum absolute atomic E-state index is 0.0499. The average Bonchev–Trinajstić information content (AvgIpc) is 2.49. The summed E-state index contributed by atoms with van der Waals surface area (Å²) >= 11 is 0. The quantitative estimate of drug-likeness (QED) is 0.508. The van der Waals surface area contributed by atoms with Crippen molar-refractivity contribution >= 4 is 17.6 Å². The fraction of sp³-hybridized carbons (Fsp3) is 0.400. The molecule has 8 nitrogen and oxygen atoms in total. The fourth-order valence-corrected chi connectivity index (χ4v) is 2.53. The van der Waals surface area contributed by atoms with E-state index in [-0.39, 0.29) is 36.8 Å². The van der Waals surface area contributed by atoms with Crippen LogP contribution in [-0.4, -0.2) is 57.9 Å². The summed E-state index contributed by atoms with van der Waals surface area (Å²) in [5.74, 6) is -1.66. The number of phenols is 2. The highest BCUT2D eigenvalue weighted by molar-refractivity contribution is 5.99. The third-order valence-electron chi connectivity index (χ3n) is 3.67. The van der Waals surface area contributed by atoms with Crippen LogP contribution in [0.25, 0.3) is 0 Å². The molecule has 1 aliphatic rings. The zero-order valence-corrected chi connectivity index (χ0v) is 12.7. The van der Waals surface area contributed by atoms with Crippen LogP contribution in [0.5, 0.6) is 11.5 Å². The second kappa shape index (κ2) is 6.66. The van der Waals surface area contributed by atoms with Gasteiger partial charge in [0.05, 0.1) is 6.54 Å². The lowest BCUT2D eigenvalue weighted by Gasteiger charge is -2.38. The van der Waals surface area contributed by atoms with Crippen molar-refractivity contribution in [3.63, 3.8) is 0 Å². The zero-order chi connectivity index (χ0) is 17.1. The minimum atomic E-state index is -0.877. The van der Waals surface area contributed by atoms with Gasteiger partial charge in [-0.25, -0.2) is 0 Å². The van der Waals surface area contributed by atoms with Crippen molar-refractivity contribution in [2.45, 2.75) is 25.4 Å². The molecular formula is C15H19N3O5. The van der Waals surface area contributed by atoms with Gasteiger partial charge in [-0.15, -0.1) is 0 Å². The smallest absolute Gasteiger partial charge is 0.247 e. The molecule has 1 aliphatic heterocycles. The highest BCUT2D eigenvalue weighted by Gasteiger charge is 2.40. The van der Waals surface area contributed by atoms with E-state index in [9.17, 15) is 24.6 Å². The molecule has 23 heavy (non-hydrogen) atoms. The van der Waals surface area contributed by atoms with Gasteiger partial charge < -0.3 is 26.2 Å². The number of nitrogens with zero attached hydrogens (tertiary/aromatic N) is 1. The van der Waals surface area contributed by atoms with Crippen LogP contribution in [0, 0.1) is 0 Å². The first kappa shape index (κ1) is 16.8. The summed E-state index contributed by atoms with van der Waals surface area (Å²) in [5, 5.41) is 21.4. The van der Waals surface area contributed by atoms with E-state index in [1.54, 1.807) is 0 Å². The molecule has 8 heteroatoms. The number of rotatable bonds is 5. The molecule has 0 saturated carbocycles. The van der Waals surface area contributed by atoms with E-state index in [4.69, 9.17) is 5.73 Å². The second-order valence-corrected chi connectivity index (χ2v) is 5.51. The highest BCUT2D eigenvalue weighted by atomic mass is 16.3. The molecule has 1 saturated heterocycles. The number of nitrogens with one attached hydrogen (secondary N) is 1. The summed E-state index contributed by atoms with van der Waals surface area (Å²) in [6.45, 7) is 1.10. The van der Waals surface area contributed by atoms with Crippen molar-refractivity contribution in [2.24, 2.45) is 5.73 Å². The third-order valence-corrected chi connectivity index (χ3v) is 3.67. The third kappa shape index (κ3) is 3.59. The molecule has 2 rings (SSSR count). The van der Waals surface area contributed by atoms with E-state index < -0.39 is 23.9 Å². The Bertz CT molecular complexity index is 646. The van der Waals surface area contributed by atoms with Crippen LogP contribution in [-0.2, 0) is 20.8 Å². The van der Waals surface area contributed by atoms with Crippen molar-refractivity contribution in [1.29, 1.82) is 0 Å². The molecule has 1 aromatic rings. The SMILES string of the molecule is CC(=O)CN1C(=O)C(CN)NC(=O)C1Cc1ccc(O)c(O)c1. The van der Waals surface area contributed by atoms with E-state index in [0.29, 0.717) is 5.56 Å². The van der Waals surface area contributed by atoms with Crippen LogP contribution in [0.15, 0.2) is 18.2 Å². The molecule has 0 radical (unpaired) electrons. The first-order valence-electron chi connectivity index (χ1n) is 7.14. The van der Waals surface area contributed by atoms with E-state index >= 15 is 0 Å². The van der Waals surface area contributed by atoms with Crippen LogP contribution in [0.4, 0.5) is 0 Å². The number of ketones is 1. The topological polar surface area (TPSA) is 133 Å². The number of hydrogen-bond donors (Lipinski definition) is 4. The van der Waals surface area contributed by atoms with Gasteiger partial charge in [-0.2, -0.15) is 0 Å². The van der Waals surface area contributed by atoms with Gasteiger partial charge in [0.2, 0.25) is 11.8 Å². The Labute approximate surface area is 132 Å². The van der Waals surface area contributed by atoms with Crippen LogP contribution in [0.2, 0.25) is 0 Å². The second-order valence-electron chi connectivity index (χ2n) is 5.51. The predicted octanol–water partition coefficient (Wildman–Crippen LogP) is -1.12. The Morgan fingerprint density at radius 1 is 1.30 bits per heavy atom. The number of amides is 2. The first-order valence-corrected chi connectivity index (χ1v) is 7.14. The maximum atomic E-state index is 12.3. The molecule has 1 fully saturated rings. The number of hydrogen-bond acceptors (Lipinski definition) is 6. The summed E-state index contributed by atoms with van der Waals surface area (Å²) < 4.78 is 0. The van der Waals surface area contributed by atoms with Gasteiger partial charge in [-0.3, -0.25) is 14.4 Å². The van der Waals surface area contributed by atoms with Gasteiger partial charge in [-0.05, 0) is 24.6 Å². The maximum Gasteiger partial charge on any atom is 0.247 e. The van der Waals surface area contributed by atoms with Crippen molar-refractivity contribution < 1.29 is 24.6 Å². The molecule has 0 bridgehead atoms. The Morgan fingerprint density at radius 2 is 2.00 bits per heavy atom. The summed E-state index contributed by atoms with van der Waals surface area (Å²) in [6.07, 6.45) is 0.107. The lowest BCUT2D eigenvalue weighted by atomic mass is 9.99. The molecule has 5 N–H and O–H groups in total. The molecule has 2 atom stereocenters. The molecule has 0 aromatic heterocycles. The van der Waals surface area contributed by atoms with Gasteiger partial charge in [0, 0.05) is 13.0 Å². The molecule has 124 valence electrons. The van der Waals surface area contributed by atoms with Crippen LogP contribution in [0.3, 0.4) is 0 Å². The highest BCUT2D eigenvalue weighted by Crippen LogP contribution is 2.26. The lowest BCUT2D eigenvalue weighted by Crippen LogP contribution is -2.66. The molecule has 1 heterocycles. The standard InChI is InChI=1S/C15H19N3O5/c1-8(19)7-18-11(14(22)17-10(6-16)15(18)23)4-9-2-3-12(20)13(21)5-9/h2-3,5,10-11,20-21H,4,6-7,16H2,1H3,(H,17,22). The van der Waals surface area contributed by atoms with E-state index in [2.05, 4.69) is 5.32 Å². The van der Waals surface area contributed by atoms with Crippen LogP contribution >= 0.6 is 0 Å². The monoisotopic (exact) mass is 321 g/mol. The van der Waals surface area contributed by atoms with Crippen molar-refractivity contribution in [3.8, 4) is 11.5 Å². The van der Waals surface area contributed by atoms with Gasteiger partial charge in [0.1, 0.15) is 17.9 Å². The van der Waals surface area contributed by atoms with Gasteiger partial charge in [-0.1, -0.05) is 6.07 Å². The summed E-state index contributed by atoms with van der Waals surface area (Å²) in [4.78, 5) is 37.3. The van der Waals surface area contributed by atoms with Gasteiger partial charge >= 0.3 is 0 Å². The fourth-order valence-electron chi connectivity index (χ4n) is 2.53. The Kier molecular flexibility index (Phi) is 4.85. The molecule has 0 aliphatic carbocycles. The number of nitrogens with two attached hydrogens (primary N) is 1. The average molecular weight is 321 g/mol. The summed E-state index contributed by atoms with van der Waals surface area (Å²) in [7, 11) is 0. The maximum absolute atomic E-state index is 12.3. The van der Waals surface area contributed by atoms with E-state index in [1.165, 1.54) is 30.0 Å². The van der Waals surface area contributed by atoms with Crippen LogP contribution in [0.1, 0.15) is 12.5 Å². The normalized spacial score (nSPS) is 21.2. The largest absolute Gasteiger partial charge is 0.504 e. The van der Waals surface area contributed by atoms with Crippen LogP contribution < -0.4 is 11.1 Å². The van der Waals surface area contributed by atoms with Crippen molar-refractivity contribution in [3.05, 3.63) is 23.8 Å². The van der Waals surface area contributed by atoms with Crippen molar-refractivity contribution in [1.82, 2.24) is 10.2 Å². The molecule has 0 spiro atoms. The zero-order valence-electron chi connectivity index (χ0n) is 12.7. The number of piperazine rings is 1. The number of benzene rings is 1. The number of Topliss-reactive ketones (excluding diaryl/α,β-unsaturated/α-hetero) is 1. The number of carbonyl (C=O) groups excluding carboxylic acids is 3. The van der Waals surface area contributed by atoms with E-state index in [1.807, 2.05) is 0 Å². The number of carbonyl (C=O) groups is 3. The predicted molar refractivity (Wildman–Crippen MR) is 80.6 cm³/mol. The Hall–Kier alpha value is -2.61. The molecule has 2 amide bonds. The van der Waals surface area contributed by atoms with E-state index in [0.717, 1.165) is 0 Å². The first-order chi connectivity index (χ1) is 10.8. The lowest BCUT2D eigenvalue weighted by molar-refractivity contribution is -0.150. The van der Waals surface area contributed by atoms with Crippen molar-refractivity contribution in [2.75, 3.05) is 13.1 Å².